The molecule has 7 heteroatoms. The van der Waals surface area contributed by atoms with Crippen molar-refractivity contribution in [3.63, 3.8) is 0 Å². The Morgan fingerprint density at radius 3 is 2.88 bits per heavy atom. The van der Waals surface area contributed by atoms with Crippen LogP contribution in [0, 0.1) is 6.92 Å². The van der Waals surface area contributed by atoms with Gasteiger partial charge in [0.05, 0.1) is 0 Å². The van der Waals surface area contributed by atoms with Gasteiger partial charge >= 0.3 is 6.09 Å². The number of carbonyl (C=O) groups excluding carboxylic acids is 1. The van der Waals surface area contributed by atoms with Crippen molar-refractivity contribution in [1.82, 2.24) is 15.0 Å². The fourth-order valence-electron chi connectivity index (χ4n) is 2.89. The summed E-state index contributed by atoms with van der Waals surface area (Å²) in [5, 5.41) is 4.73. The lowest BCUT2D eigenvalue weighted by molar-refractivity contribution is 0.0199. The lowest BCUT2D eigenvalue weighted by atomic mass is 10.1. The van der Waals surface area contributed by atoms with E-state index in [0.717, 1.165) is 24.0 Å². The minimum absolute atomic E-state index is 0.254. The number of nitrogens with zero attached hydrogens (tertiary/aromatic N) is 3. The molecule has 0 spiro atoms. The topological polar surface area (TPSA) is 68.5 Å². The van der Waals surface area contributed by atoms with Crippen LogP contribution in [0.25, 0.3) is 11.4 Å². The third kappa shape index (κ3) is 3.79. The van der Waals surface area contributed by atoms with Crippen LogP contribution in [-0.2, 0) is 4.74 Å². The fraction of sp³-hybridized carbons (Fsp3) is 0.500. The van der Waals surface area contributed by atoms with Crippen LogP contribution in [0.1, 0.15) is 51.1 Å². The Hall–Kier alpha value is -2.08. The molecule has 1 atom stereocenters. The van der Waals surface area contributed by atoms with Crippen molar-refractivity contribution in [1.29, 1.82) is 0 Å². The second-order valence-corrected chi connectivity index (χ2v) is 7.61. The number of amides is 1. The summed E-state index contributed by atoms with van der Waals surface area (Å²) in [6.07, 6.45) is 1.29. The molecule has 1 aromatic heterocycles. The van der Waals surface area contributed by atoms with Gasteiger partial charge in [-0.25, -0.2) is 4.79 Å². The van der Waals surface area contributed by atoms with Gasteiger partial charge in [-0.1, -0.05) is 28.9 Å². The molecule has 2 aromatic rings. The normalized spacial score (nSPS) is 17.8. The van der Waals surface area contributed by atoms with Crippen LogP contribution >= 0.6 is 11.6 Å². The summed E-state index contributed by atoms with van der Waals surface area (Å²) in [5.41, 5.74) is 1.18. The van der Waals surface area contributed by atoms with E-state index in [4.69, 9.17) is 20.9 Å². The summed E-state index contributed by atoms with van der Waals surface area (Å²) >= 11 is 6.17. The van der Waals surface area contributed by atoms with Crippen LogP contribution in [0.15, 0.2) is 22.7 Å². The van der Waals surface area contributed by atoms with Gasteiger partial charge in [-0.3, -0.25) is 4.90 Å². The zero-order chi connectivity index (χ0) is 18.2. The number of likely N-dealkylation sites (tertiary alicyclic amines) is 1. The third-order valence-electron chi connectivity index (χ3n) is 4.12. The summed E-state index contributed by atoms with van der Waals surface area (Å²) in [6, 6.07) is 5.32. The number of ether oxygens (including phenoxy) is 1. The Bertz CT molecular complexity index is 782. The molecule has 134 valence electrons. The van der Waals surface area contributed by atoms with Crippen molar-refractivity contribution < 1.29 is 14.1 Å². The zero-order valence-corrected chi connectivity index (χ0v) is 15.6. The van der Waals surface area contributed by atoms with E-state index in [1.54, 1.807) is 4.90 Å². The quantitative estimate of drug-likeness (QED) is 0.768. The molecule has 1 aliphatic heterocycles. The second-order valence-electron chi connectivity index (χ2n) is 7.20. The number of hydrogen-bond donors (Lipinski definition) is 0. The van der Waals surface area contributed by atoms with Gasteiger partial charge in [0.25, 0.3) is 0 Å². The molecule has 3 rings (SSSR count). The first-order valence-electron chi connectivity index (χ1n) is 8.35. The van der Waals surface area contributed by atoms with Gasteiger partial charge in [-0.2, -0.15) is 4.98 Å². The highest BCUT2D eigenvalue weighted by molar-refractivity contribution is 6.31. The smallest absolute Gasteiger partial charge is 0.410 e. The standard InChI is InChI=1S/C18H22ClN3O3/c1-11-12(7-5-8-13(11)19)15-20-16(25-21-15)14-9-6-10-22(14)17(23)24-18(2,3)4/h5,7-8,14H,6,9-10H2,1-4H3/t14-/m0/s1. The highest BCUT2D eigenvalue weighted by Gasteiger charge is 2.36. The average Bonchev–Trinajstić information content (AvgIpc) is 3.16. The zero-order valence-electron chi connectivity index (χ0n) is 14.9. The molecule has 1 fully saturated rings. The number of aromatic nitrogens is 2. The molecule has 0 radical (unpaired) electrons. The highest BCUT2D eigenvalue weighted by atomic mass is 35.5. The summed E-state index contributed by atoms with van der Waals surface area (Å²) in [5.74, 6) is 0.906. The molecule has 1 aromatic carbocycles. The van der Waals surface area contributed by atoms with Gasteiger partial charge in [0, 0.05) is 17.1 Å². The summed E-state index contributed by atoms with van der Waals surface area (Å²) < 4.78 is 10.9. The second kappa shape index (κ2) is 6.67. The third-order valence-corrected chi connectivity index (χ3v) is 4.53. The van der Waals surface area contributed by atoms with Crippen LogP contribution in [0.3, 0.4) is 0 Å². The maximum absolute atomic E-state index is 12.4. The highest BCUT2D eigenvalue weighted by Crippen LogP contribution is 2.34. The minimum Gasteiger partial charge on any atom is -0.444 e. The van der Waals surface area contributed by atoms with Crippen molar-refractivity contribution in [2.75, 3.05) is 6.54 Å². The Labute approximate surface area is 152 Å². The van der Waals surface area contributed by atoms with Crippen LogP contribution in [-0.4, -0.2) is 33.3 Å². The van der Waals surface area contributed by atoms with Crippen molar-refractivity contribution in [2.45, 2.75) is 52.2 Å². The molecule has 0 N–H and O–H groups in total. The number of halogens is 1. The van der Waals surface area contributed by atoms with Gasteiger partial charge < -0.3 is 9.26 Å². The summed E-state index contributed by atoms with van der Waals surface area (Å²) in [4.78, 5) is 18.6. The Morgan fingerprint density at radius 2 is 2.16 bits per heavy atom. The molecule has 1 aliphatic rings. The average molecular weight is 364 g/mol. The van der Waals surface area contributed by atoms with E-state index in [0.29, 0.717) is 23.3 Å². The number of carbonyl (C=O) groups is 1. The van der Waals surface area contributed by atoms with Gasteiger partial charge in [0.2, 0.25) is 11.7 Å². The van der Waals surface area contributed by atoms with Crippen LogP contribution < -0.4 is 0 Å². The molecule has 0 saturated carbocycles. The van der Waals surface area contributed by atoms with Crippen molar-refractivity contribution in [2.24, 2.45) is 0 Å². The fourth-order valence-corrected chi connectivity index (χ4v) is 3.07. The van der Waals surface area contributed by atoms with E-state index < -0.39 is 5.60 Å². The lowest BCUT2D eigenvalue weighted by Crippen LogP contribution is -2.36. The maximum atomic E-state index is 12.4. The predicted octanol–water partition coefficient (Wildman–Crippen LogP) is 4.77. The van der Waals surface area contributed by atoms with Gasteiger partial charge in [0.15, 0.2) is 0 Å². The van der Waals surface area contributed by atoms with Crippen molar-refractivity contribution in [3.8, 4) is 11.4 Å². The first-order valence-corrected chi connectivity index (χ1v) is 8.73. The molecule has 2 heterocycles. The van der Waals surface area contributed by atoms with E-state index in [1.165, 1.54) is 0 Å². The van der Waals surface area contributed by atoms with Crippen LogP contribution in [0.5, 0.6) is 0 Å². The molecule has 6 nitrogen and oxygen atoms in total. The Balaban J connectivity index is 1.84. The Kier molecular flexibility index (Phi) is 4.73. The molecule has 0 aliphatic carbocycles. The SMILES string of the molecule is Cc1c(Cl)cccc1-c1noc([C@@H]2CCCN2C(=O)OC(C)(C)C)n1. The van der Waals surface area contributed by atoms with E-state index >= 15 is 0 Å². The van der Waals surface area contributed by atoms with Crippen LogP contribution in [0.4, 0.5) is 4.79 Å². The van der Waals surface area contributed by atoms with Crippen LogP contribution in [0.2, 0.25) is 5.02 Å². The van der Waals surface area contributed by atoms with E-state index in [-0.39, 0.29) is 12.1 Å². The maximum Gasteiger partial charge on any atom is 0.410 e. The predicted molar refractivity (Wildman–Crippen MR) is 94.4 cm³/mol. The van der Waals surface area contributed by atoms with E-state index in [9.17, 15) is 4.79 Å². The molecule has 1 amide bonds. The number of benzene rings is 1. The van der Waals surface area contributed by atoms with Gasteiger partial charge in [-0.15, -0.1) is 0 Å². The summed E-state index contributed by atoms with van der Waals surface area (Å²) in [6.45, 7) is 8.08. The first-order chi connectivity index (χ1) is 11.8. The Morgan fingerprint density at radius 1 is 1.40 bits per heavy atom. The lowest BCUT2D eigenvalue weighted by Gasteiger charge is -2.26. The molecular formula is C18H22ClN3O3. The molecule has 0 unspecified atom stereocenters. The van der Waals surface area contributed by atoms with E-state index in [1.807, 2.05) is 45.9 Å². The van der Waals surface area contributed by atoms with Gasteiger partial charge in [-0.05, 0) is 52.2 Å². The van der Waals surface area contributed by atoms with Crippen molar-refractivity contribution in [3.05, 3.63) is 34.7 Å². The molecule has 0 bridgehead atoms. The molecular weight excluding hydrogens is 342 g/mol. The van der Waals surface area contributed by atoms with E-state index in [2.05, 4.69) is 10.1 Å². The minimum atomic E-state index is -0.540. The largest absolute Gasteiger partial charge is 0.444 e. The van der Waals surface area contributed by atoms with Crippen molar-refractivity contribution >= 4 is 17.7 Å². The monoisotopic (exact) mass is 363 g/mol. The molecule has 25 heavy (non-hydrogen) atoms. The molecule has 1 saturated heterocycles. The summed E-state index contributed by atoms with van der Waals surface area (Å²) in [7, 11) is 0. The number of hydrogen-bond acceptors (Lipinski definition) is 5. The first kappa shape index (κ1) is 17.7. The van der Waals surface area contributed by atoms with Gasteiger partial charge in [0.1, 0.15) is 11.6 Å². The number of rotatable bonds is 2.